The van der Waals surface area contributed by atoms with Crippen molar-refractivity contribution in [3.63, 3.8) is 0 Å². The van der Waals surface area contributed by atoms with Crippen LogP contribution in [0.25, 0.3) is 0 Å². The lowest BCUT2D eigenvalue weighted by Crippen LogP contribution is -1.96. The molecule has 0 bridgehead atoms. The summed E-state index contributed by atoms with van der Waals surface area (Å²) in [6.45, 7) is 1.32. The van der Waals surface area contributed by atoms with Gasteiger partial charge in [0.25, 0.3) is 0 Å². The number of esters is 1. The molecule has 1 aliphatic rings. The van der Waals surface area contributed by atoms with Gasteiger partial charge in [-0.3, -0.25) is 9.59 Å². The van der Waals surface area contributed by atoms with Gasteiger partial charge in [-0.05, 0) is 12.8 Å². The first-order valence-electron chi connectivity index (χ1n) is 3.59. The fraction of sp³-hybridized carbons (Fsp3) is 0.500. The van der Waals surface area contributed by atoms with Crippen LogP contribution in [-0.2, 0) is 14.3 Å². The standard InChI is InChI=1S/C8H10O3/c1-6(9)11-5-7-3-2-4-8(7)10/h5H,2-4H2,1H3. The van der Waals surface area contributed by atoms with E-state index in [0.29, 0.717) is 12.0 Å². The van der Waals surface area contributed by atoms with Crippen LogP contribution in [0.2, 0.25) is 0 Å². The number of ether oxygens (including phenoxy) is 1. The van der Waals surface area contributed by atoms with E-state index in [9.17, 15) is 9.59 Å². The molecule has 0 radical (unpaired) electrons. The molecule has 1 aliphatic carbocycles. The van der Waals surface area contributed by atoms with Gasteiger partial charge in [0.05, 0.1) is 0 Å². The van der Waals surface area contributed by atoms with E-state index in [1.165, 1.54) is 13.2 Å². The molecule has 0 aromatic heterocycles. The van der Waals surface area contributed by atoms with Crippen molar-refractivity contribution in [3.05, 3.63) is 11.8 Å². The lowest BCUT2D eigenvalue weighted by atomic mass is 10.2. The number of allylic oxidation sites excluding steroid dienone is 1. The molecule has 0 heterocycles. The third-order valence-electron chi connectivity index (χ3n) is 1.58. The molecule has 0 N–H and O–H groups in total. The quantitative estimate of drug-likeness (QED) is 0.323. The van der Waals surface area contributed by atoms with E-state index < -0.39 is 0 Å². The predicted molar refractivity (Wildman–Crippen MR) is 38.7 cm³/mol. The zero-order chi connectivity index (χ0) is 8.27. The average molecular weight is 154 g/mol. The zero-order valence-corrected chi connectivity index (χ0v) is 6.42. The lowest BCUT2D eigenvalue weighted by molar-refractivity contribution is -0.135. The molecule has 60 valence electrons. The van der Waals surface area contributed by atoms with Gasteiger partial charge in [0.15, 0.2) is 5.78 Å². The summed E-state index contributed by atoms with van der Waals surface area (Å²) >= 11 is 0. The van der Waals surface area contributed by atoms with Gasteiger partial charge in [0.2, 0.25) is 0 Å². The molecule has 0 atom stereocenters. The van der Waals surface area contributed by atoms with E-state index in [0.717, 1.165) is 12.8 Å². The van der Waals surface area contributed by atoms with Crippen molar-refractivity contribution in [2.45, 2.75) is 26.2 Å². The molecule has 0 saturated heterocycles. The molecule has 0 amide bonds. The van der Waals surface area contributed by atoms with Crippen LogP contribution in [0.1, 0.15) is 26.2 Å². The minimum Gasteiger partial charge on any atom is -0.434 e. The zero-order valence-electron chi connectivity index (χ0n) is 6.42. The molecule has 0 unspecified atom stereocenters. The highest BCUT2D eigenvalue weighted by Crippen LogP contribution is 2.19. The van der Waals surface area contributed by atoms with Crippen LogP contribution in [0.5, 0.6) is 0 Å². The fourth-order valence-electron chi connectivity index (χ4n) is 1.02. The van der Waals surface area contributed by atoms with Crippen LogP contribution in [-0.4, -0.2) is 11.8 Å². The largest absolute Gasteiger partial charge is 0.434 e. The highest BCUT2D eigenvalue weighted by atomic mass is 16.5. The van der Waals surface area contributed by atoms with Crippen molar-refractivity contribution in [1.82, 2.24) is 0 Å². The predicted octanol–water partition coefficient (Wildman–Crippen LogP) is 1.19. The van der Waals surface area contributed by atoms with E-state index in [1.807, 2.05) is 0 Å². The molecule has 0 aromatic rings. The average Bonchev–Trinajstić information content (AvgIpc) is 2.31. The molecule has 1 saturated carbocycles. The summed E-state index contributed by atoms with van der Waals surface area (Å²) < 4.78 is 4.57. The molecule has 0 aliphatic heterocycles. The summed E-state index contributed by atoms with van der Waals surface area (Å²) in [4.78, 5) is 21.3. The smallest absolute Gasteiger partial charge is 0.307 e. The van der Waals surface area contributed by atoms with E-state index in [4.69, 9.17) is 0 Å². The number of rotatable bonds is 1. The maximum atomic E-state index is 10.9. The van der Waals surface area contributed by atoms with Crippen molar-refractivity contribution in [2.75, 3.05) is 0 Å². The highest BCUT2D eigenvalue weighted by Gasteiger charge is 2.17. The molecule has 3 heteroatoms. The minimum atomic E-state index is -0.378. The normalized spacial score (nSPS) is 20.8. The first-order valence-corrected chi connectivity index (χ1v) is 3.59. The van der Waals surface area contributed by atoms with Gasteiger partial charge in [-0.25, -0.2) is 0 Å². The Labute approximate surface area is 65.0 Å². The Kier molecular flexibility index (Phi) is 2.41. The maximum Gasteiger partial charge on any atom is 0.307 e. The van der Waals surface area contributed by atoms with Crippen molar-refractivity contribution < 1.29 is 14.3 Å². The second-order valence-corrected chi connectivity index (χ2v) is 2.53. The van der Waals surface area contributed by atoms with Crippen LogP contribution < -0.4 is 0 Å². The number of Topliss-reactive ketones (excluding diaryl/α,β-unsaturated/α-hetero) is 1. The molecule has 0 aromatic carbocycles. The number of carbonyl (C=O) groups is 2. The molecule has 3 nitrogen and oxygen atoms in total. The number of hydrogen-bond donors (Lipinski definition) is 0. The van der Waals surface area contributed by atoms with Gasteiger partial charge < -0.3 is 4.74 Å². The number of carbonyl (C=O) groups excluding carboxylic acids is 2. The maximum absolute atomic E-state index is 10.9. The first kappa shape index (κ1) is 7.98. The Morgan fingerprint density at radius 3 is 2.73 bits per heavy atom. The Morgan fingerprint density at radius 2 is 2.27 bits per heavy atom. The monoisotopic (exact) mass is 154 g/mol. The molecule has 0 spiro atoms. The summed E-state index contributed by atoms with van der Waals surface area (Å²) in [5, 5.41) is 0. The lowest BCUT2D eigenvalue weighted by Gasteiger charge is -1.93. The van der Waals surface area contributed by atoms with Crippen molar-refractivity contribution >= 4 is 11.8 Å². The molecular formula is C8H10O3. The van der Waals surface area contributed by atoms with Crippen LogP contribution in [0.3, 0.4) is 0 Å². The minimum absolute atomic E-state index is 0.103. The summed E-state index contributed by atoms with van der Waals surface area (Å²) in [5.74, 6) is -0.275. The van der Waals surface area contributed by atoms with Crippen molar-refractivity contribution in [2.24, 2.45) is 0 Å². The van der Waals surface area contributed by atoms with Gasteiger partial charge in [0, 0.05) is 18.9 Å². The summed E-state index contributed by atoms with van der Waals surface area (Å²) in [5.41, 5.74) is 0.639. The molecule has 11 heavy (non-hydrogen) atoms. The molecular weight excluding hydrogens is 144 g/mol. The second kappa shape index (κ2) is 3.32. The first-order chi connectivity index (χ1) is 5.20. The van der Waals surface area contributed by atoms with Crippen LogP contribution in [0.15, 0.2) is 11.8 Å². The van der Waals surface area contributed by atoms with Crippen molar-refractivity contribution in [1.29, 1.82) is 0 Å². The van der Waals surface area contributed by atoms with E-state index in [1.54, 1.807) is 0 Å². The van der Waals surface area contributed by atoms with E-state index >= 15 is 0 Å². The van der Waals surface area contributed by atoms with Crippen LogP contribution in [0, 0.1) is 0 Å². The Morgan fingerprint density at radius 1 is 1.55 bits per heavy atom. The number of hydrogen-bond acceptors (Lipinski definition) is 3. The summed E-state index contributed by atoms with van der Waals surface area (Å²) in [6, 6.07) is 0. The third-order valence-corrected chi connectivity index (χ3v) is 1.58. The Balaban J connectivity index is 2.52. The van der Waals surface area contributed by atoms with Gasteiger partial charge in [0.1, 0.15) is 6.26 Å². The van der Waals surface area contributed by atoms with Gasteiger partial charge in [-0.2, -0.15) is 0 Å². The van der Waals surface area contributed by atoms with Gasteiger partial charge in [-0.1, -0.05) is 0 Å². The highest BCUT2D eigenvalue weighted by molar-refractivity contribution is 5.97. The third kappa shape index (κ3) is 2.18. The second-order valence-electron chi connectivity index (χ2n) is 2.53. The topological polar surface area (TPSA) is 43.4 Å². The van der Waals surface area contributed by atoms with Crippen molar-refractivity contribution in [3.8, 4) is 0 Å². The SMILES string of the molecule is CC(=O)OC=C1CCCC1=O. The van der Waals surface area contributed by atoms with Crippen LogP contribution in [0.4, 0.5) is 0 Å². The summed E-state index contributed by atoms with van der Waals surface area (Å²) in [7, 11) is 0. The van der Waals surface area contributed by atoms with E-state index in [2.05, 4.69) is 4.74 Å². The Hall–Kier alpha value is -1.12. The summed E-state index contributed by atoms with van der Waals surface area (Å²) in [6.07, 6.45) is 3.49. The van der Waals surface area contributed by atoms with Crippen LogP contribution >= 0.6 is 0 Å². The van der Waals surface area contributed by atoms with Gasteiger partial charge >= 0.3 is 5.97 Å². The molecule has 1 fully saturated rings. The number of ketones is 1. The molecule has 1 rings (SSSR count). The fourth-order valence-corrected chi connectivity index (χ4v) is 1.02. The van der Waals surface area contributed by atoms with E-state index in [-0.39, 0.29) is 11.8 Å². The Bertz CT molecular complexity index is 215. The van der Waals surface area contributed by atoms with Gasteiger partial charge in [-0.15, -0.1) is 0 Å².